The maximum absolute atomic E-state index is 12.0. The number of carbonyl (C=O) groups excluding carboxylic acids is 1. The van der Waals surface area contributed by atoms with Crippen molar-refractivity contribution < 1.29 is 4.79 Å². The van der Waals surface area contributed by atoms with E-state index in [9.17, 15) is 4.79 Å². The van der Waals surface area contributed by atoms with Gasteiger partial charge in [-0.25, -0.2) is 0 Å². The summed E-state index contributed by atoms with van der Waals surface area (Å²) in [5, 5.41) is 3.00. The second-order valence-electron chi connectivity index (χ2n) is 5.09. The summed E-state index contributed by atoms with van der Waals surface area (Å²) in [6.45, 7) is 2.73. The molecule has 2 fully saturated rings. The van der Waals surface area contributed by atoms with Crippen LogP contribution in [0.5, 0.6) is 0 Å². The fourth-order valence-corrected chi connectivity index (χ4v) is 3.29. The Bertz CT molecular complexity index is 286. The first-order valence-electron chi connectivity index (χ1n) is 6.38. The van der Waals surface area contributed by atoms with Crippen LogP contribution in [0.4, 0.5) is 0 Å². The Morgan fingerprint density at radius 1 is 1.44 bits per heavy atom. The van der Waals surface area contributed by atoms with E-state index in [1.54, 1.807) is 0 Å². The molecule has 4 unspecified atom stereocenters. The van der Waals surface area contributed by atoms with Crippen LogP contribution in [0.2, 0.25) is 0 Å². The predicted octanol–water partition coefficient (Wildman–Crippen LogP) is 1.44. The minimum absolute atomic E-state index is 0.0874. The summed E-state index contributed by atoms with van der Waals surface area (Å²) in [5.74, 6) is 1.44. The zero-order chi connectivity index (χ0) is 11.5. The van der Waals surface area contributed by atoms with Crippen molar-refractivity contribution in [1.29, 1.82) is 0 Å². The quantitative estimate of drug-likeness (QED) is 0.558. The van der Waals surface area contributed by atoms with Crippen LogP contribution in [-0.2, 0) is 4.79 Å². The monoisotopic (exact) mass is 222 g/mol. The molecule has 0 heterocycles. The lowest BCUT2D eigenvalue weighted by molar-refractivity contribution is -0.126. The molecule has 0 aromatic rings. The van der Waals surface area contributed by atoms with Crippen molar-refractivity contribution in [3.63, 3.8) is 0 Å². The first-order chi connectivity index (χ1) is 7.74. The van der Waals surface area contributed by atoms with Crippen molar-refractivity contribution in [3.05, 3.63) is 12.2 Å². The molecule has 0 aromatic carbocycles. The van der Waals surface area contributed by atoms with Gasteiger partial charge in [0.25, 0.3) is 0 Å². The largest absolute Gasteiger partial charge is 0.355 e. The second kappa shape index (κ2) is 5.00. The Kier molecular flexibility index (Phi) is 3.64. The maximum atomic E-state index is 12.0. The van der Waals surface area contributed by atoms with Gasteiger partial charge in [-0.1, -0.05) is 12.2 Å². The molecule has 0 saturated heterocycles. The van der Waals surface area contributed by atoms with E-state index in [-0.39, 0.29) is 17.9 Å². The molecule has 0 aromatic heterocycles. The maximum Gasteiger partial charge on any atom is 0.224 e. The van der Waals surface area contributed by atoms with E-state index >= 15 is 0 Å². The predicted molar refractivity (Wildman–Crippen MR) is 64.7 cm³/mol. The fourth-order valence-electron chi connectivity index (χ4n) is 3.29. The number of hydrogen-bond donors (Lipinski definition) is 2. The smallest absolute Gasteiger partial charge is 0.224 e. The molecule has 2 saturated carbocycles. The van der Waals surface area contributed by atoms with Gasteiger partial charge in [-0.05, 0) is 44.4 Å². The first kappa shape index (κ1) is 11.6. The molecule has 3 heteroatoms. The molecular weight excluding hydrogens is 200 g/mol. The molecule has 3 nitrogen and oxygen atoms in total. The van der Waals surface area contributed by atoms with Crippen molar-refractivity contribution in [2.75, 3.05) is 6.54 Å². The number of amides is 1. The average Bonchev–Trinajstić information content (AvgIpc) is 2.84. The van der Waals surface area contributed by atoms with Gasteiger partial charge in [-0.2, -0.15) is 0 Å². The minimum atomic E-state index is 0.0874. The SMILES string of the molecule is C/C=C/CCNC(=O)C1C2CCC(C2)C1N. The van der Waals surface area contributed by atoms with Crippen LogP contribution in [0.3, 0.4) is 0 Å². The van der Waals surface area contributed by atoms with E-state index in [2.05, 4.69) is 11.4 Å². The first-order valence-corrected chi connectivity index (χ1v) is 6.38. The standard InChI is InChI=1S/C13H22N2O/c1-2-3-4-7-15-13(16)11-9-5-6-10(8-9)12(11)14/h2-3,9-12H,4-8,14H2,1H3,(H,15,16)/b3-2+. The highest BCUT2D eigenvalue weighted by molar-refractivity contribution is 5.80. The van der Waals surface area contributed by atoms with Crippen LogP contribution in [0.25, 0.3) is 0 Å². The van der Waals surface area contributed by atoms with Crippen LogP contribution in [0.15, 0.2) is 12.2 Å². The van der Waals surface area contributed by atoms with E-state index in [0.717, 1.165) is 13.0 Å². The Balaban J connectivity index is 1.81. The zero-order valence-corrected chi connectivity index (χ0v) is 9.99. The molecule has 2 aliphatic carbocycles. The van der Waals surface area contributed by atoms with Gasteiger partial charge in [0.1, 0.15) is 0 Å². The summed E-state index contributed by atoms with van der Waals surface area (Å²) in [5.41, 5.74) is 6.12. The normalized spacial score (nSPS) is 37.1. The summed E-state index contributed by atoms with van der Waals surface area (Å²) in [6, 6.07) is 0.112. The van der Waals surface area contributed by atoms with E-state index in [0.29, 0.717) is 11.8 Å². The number of nitrogens with two attached hydrogens (primary N) is 1. The summed E-state index contributed by atoms with van der Waals surface area (Å²) in [4.78, 5) is 12.0. The Labute approximate surface area is 97.5 Å². The third kappa shape index (κ3) is 2.14. The fraction of sp³-hybridized carbons (Fsp3) is 0.769. The molecule has 3 N–H and O–H groups in total. The summed E-state index contributed by atoms with van der Waals surface area (Å²) < 4.78 is 0. The van der Waals surface area contributed by atoms with Gasteiger partial charge in [0.15, 0.2) is 0 Å². The van der Waals surface area contributed by atoms with E-state index in [1.165, 1.54) is 19.3 Å². The lowest BCUT2D eigenvalue weighted by Gasteiger charge is -2.26. The number of rotatable bonds is 4. The Morgan fingerprint density at radius 2 is 2.19 bits per heavy atom. The lowest BCUT2D eigenvalue weighted by Crippen LogP contribution is -2.45. The Morgan fingerprint density at radius 3 is 2.81 bits per heavy atom. The van der Waals surface area contributed by atoms with Gasteiger partial charge in [0.2, 0.25) is 5.91 Å². The van der Waals surface area contributed by atoms with E-state index < -0.39 is 0 Å². The molecule has 16 heavy (non-hydrogen) atoms. The lowest BCUT2D eigenvalue weighted by atomic mass is 9.84. The molecular formula is C13H22N2O. The van der Waals surface area contributed by atoms with Crippen molar-refractivity contribution in [3.8, 4) is 0 Å². The second-order valence-corrected chi connectivity index (χ2v) is 5.09. The van der Waals surface area contributed by atoms with Crippen molar-refractivity contribution in [2.45, 2.75) is 38.6 Å². The average molecular weight is 222 g/mol. The summed E-state index contributed by atoms with van der Waals surface area (Å²) >= 11 is 0. The van der Waals surface area contributed by atoms with Crippen LogP contribution in [0.1, 0.15) is 32.6 Å². The van der Waals surface area contributed by atoms with Crippen molar-refractivity contribution in [1.82, 2.24) is 5.32 Å². The highest BCUT2D eigenvalue weighted by atomic mass is 16.1. The number of carbonyl (C=O) groups is 1. The van der Waals surface area contributed by atoms with E-state index in [1.807, 2.05) is 13.0 Å². The molecule has 2 bridgehead atoms. The topological polar surface area (TPSA) is 55.1 Å². The molecule has 1 amide bonds. The van der Waals surface area contributed by atoms with Crippen LogP contribution >= 0.6 is 0 Å². The molecule has 0 radical (unpaired) electrons. The van der Waals surface area contributed by atoms with Crippen molar-refractivity contribution >= 4 is 5.91 Å². The van der Waals surface area contributed by atoms with Crippen LogP contribution in [0, 0.1) is 17.8 Å². The zero-order valence-electron chi connectivity index (χ0n) is 9.99. The molecule has 0 aliphatic heterocycles. The number of fused-ring (bicyclic) bond motifs is 2. The Hall–Kier alpha value is -0.830. The highest BCUT2D eigenvalue weighted by Crippen LogP contribution is 2.47. The minimum Gasteiger partial charge on any atom is -0.355 e. The van der Waals surface area contributed by atoms with Gasteiger partial charge in [0.05, 0.1) is 5.92 Å². The van der Waals surface area contributed by atoms with Gasteiger partial charge < -0.3 is 11.1 Å². The molecule has 2 rings (SSSR count). The number of hydrogen-bond acceptors (Lipinski definition) is 2. The highest BCUT2D eigenvalue weighted by Gasteiger charge is 2.48. The summed E-state index contributed by atoms with van der Waals surface area (Å²) in [7, 11) is 0. The third-order valence-corrected chi connectivity index (χ3v) is 4.13. The molecule has 90 valence electrons. The molecule has 2 aliphatic rings. The number of nitrogens with one attached hydrogen (secondary N) is 1. The molecule has 4 atom stereocenters. The van der Waals surface area contributed by atoms with E-state index in [4.69, 9.17) is 5.73 Å². The number of allylic oxidation sites excluding steroid dienone is 1. The van der Waals surface area contributed by atoms with Gasteiger partial charge >= 0.3 is 0 Å². The van der Waals surface area contributed by atoms with Gasteiger partial charge in [-0.3, -0.25) is 4.79 Å². The van der Waals surface area contributed by atoms with Crippen LogP contribution in [-0.4, -0.2) is 18.5 Å². The summed E-state index contributed by atoms with van der Waals surface area (Å²) in [6.07, 6.45) is 8.60. The molecule has 0 spiro atoms. The van der Waals surface area contributed by atoms with Crippen molar-refractivity contribution in [2.24, 2.45) is 23.5 Å². The third-order valence-electron chi connectivity index (χ3n) is 4.13. The van der Waals surface area contributed by atoms with Crippen LogP contribution < -0.4 is 11.1 Å². The van der Waals surface area contributed by atoms with Gasteiger partial charge in [0, 0.05) is 12.6 Å². The van der Waals surface area contributed by atoms with Gasteiger partial charge in [-0.15, -0.1) is 0 Å².